The number of nitrogens with one attached hydrogen (secondary N) is 2. The van der Waals surface area contributed by atoms with E-state index < -0.39 is 18.3 Å². The number of hydrogen-bond acceptors (Lipinski definition) is 6. The zero-order valence-corrected chi connectivity index (χ0v) is 14.1. The molecule has 2 rings (SSSR count). The summed E-state index contributed by atoms with van der Waals surface area (Å²) >= 11 is 0. The monoisotopic (exact) mass is 338 g/mol. The summed E-state index contributed by atoms with van der Waals surface area (Å²) in [6.45, 7) is 0.441. The Morgan fingerprint density at radius 3 is 2.79 bits per heavy atom. The number of amides is 1. The molecule has 0 saturated carbocycles. The molecule has 1 amide bonds. The molecule has 1 aromatic rings. The number of aliphatic hydroxyl groups excluding tert-OH is 2. The molecule has 1 heterocycles. The average Bonchev–Trinajstić information content (AvgIpc) is 2.59. The summed E-state index contributed by atoms with van der Waals surface area (Å²) in [7, 11) is 3.36. The van der Waals surface area contributed by atoms with Gasteiger partial charge in [0.2, 0.25) is 0 Å². The Morgan fingerprint density at radius 2 is 2.12 bits per heavy atom. The van der Waals surface area contributed by atoms with Crippen molar-refractivity contribution in [3.8, 4) is 0 Å². The number of aryl methyl sites for hydroxylation is 1. The molecule has 1 aliphatic rings. The van der Waals surface area contributed by atoms with Gasteiger partial charge in [-0.3, -0.25) is 0 Å². The molecule has 24 heavy (non-hydrogen) atoms. The third kappa shape index (κ3) is 5.09. The van der Waals surface area contributed by atoms with Crippen molar-refractivity contribution in [1.29, 1.82) is 0 Å². The third-order valence-electron chi connectivity index (χ3n) is 4.20. The van der Waals surface area contributed by atoms with Crippen LogP contribution in [0.1, 0.15) is 24.0 Å². The van der Waals surface area contributed by atoms with Gasteiger partial charge in [-0.05, 0) is 36.1 Å². The first-order valence-corrected chi connectivity index (χ1v) is 8.15. The Morgan fingerprint density at radius 1 is 1.33 bits per heavy atom. The highest BCUT2D eigenvalue weighted by molar-refractivity contribution is 5.66. The van der Waals surface area contributed by atoms with Gasteiger partial charge in [0.15, 0.2) is 0 Å². The summed E-state index contributed by atoms with van der Waals surface area (Å²) in [5.74, 6) is 0. The maximum Gasteiger partial charge on any atom is 0.407 e. The average molecular weight is 338 g/mol. The summed E-state index contributed by atoms with van der Waals surface area (Å²) in [5.41, 5.74) is 2.92. The fourth-order valence-corrected chi connectivity index (χ4v) is 2.79. The van der Waals surface area contributed by atoms with Gasteiger partial charge in [-0.15, -0.1) is 0 Å². The van der Waals surface area contributed by atoms with Crippen molar-refractivity contribution in [2.45, 2.75) is 44.2 Å². The molecule has 4 N–H and O–H groups in total. The normalized spacial score (nSPS) is 23.6. The van der Waals surface area contributed by atoms with E-state index in [4.69, 9.17) is 9.47 Å². The first-order valence-electron chi connectivity index (χ1n) is 8.15. The fraction of sp³-hybridized carbons (Fsp3) is 0.588. The lowest BCUT2D eigenvalue weighted by atomic mass is 9.95. The van der Waals surface area contributed by atoms with Gasteiger partial charge in [-0.25, -0.2) is 4.79 Å². The van der Waals surface area contributed by atoms with E-state index in [0.29, 0.717) is 19.3 Å². The van der Waals surface area contributed by atoms with Crippen molar-refractivity contribution in [3.63, 3.8) is 0 Å². The highest BCUT2D eigenvalue weighted by Gasteiger charge is 2.28. The maximum absolute atomic E-state index is 11.3. The highest BCUT2D eigenvalue weighted by atomic mass is 16.5. The predicted octanol–water partition coefficient (Wildman–Crippen LogP) is 1.03. The lowest BCUT2D eigenvalue weighted by Gasteiger charge is -2.31. The van der Waals surface area contributed by atoms with Crippen molar-refractivity contribution >= 4 is 11.8 Å². The zero-order valence-electron chi connectivity index (χ0n) is 14.1. The molecule has 1 fully saturated rings. The summed E-state index contributed by atoms with van der Waals surface area (Å²) in [5, 5.41) is 25.0. The lowest BCUT2D eigenvalue weighted by molar-refractivity contribution is -0.124. The number of benzene rings is 1. The van der Waals surface area contributed by atoms with E-state index >= 15 is 0 Å². The minimum Gasteiger partial charge on any atom is -0.445 e. The number of carbonyl (C=O) groups excluding carboxylic acids is 1. The van der Waals surface area contributed by atoms with E-state index in [9.17, 15) is 15.0 Å². The van der Waals surface area contributed by atoms with Gasteiger partial charge in [0, 0.05) is 26.2 Å². The minimum absolute atomic E-state index is 0.186. The molecule has 0 bridgehead atoms. The fourth-order valence-electron chi connectivity index (χ4n) is 2.79. The predicted molar refractivity (Wildman–Crippen MR) is 89.9 cm³/mol. The Balaban J connectivity index is 2.02. The Hall–Kier alpha value is -1.83. The van der Waals surface area contributed by atoms with Crippen LogP contribution in [0.2, 0.25) is 0 Å². The number of rotatable bonds is 6. The topological polar surface area (TPSA) is 100 Å². The quantitative estimate of drug-likeness (QED) is 0.618. The Bertz CT molecular complexity index is 552. The second kappa shape index (κ2) is 8.86. The molecular weight excluding hydrogens is 312 g/mol. The third-order valence-corrected chi connectivity index (χ3v) is 4.20. The van der Waals surface area contributed by atoms with E-state index in [0.717, 1.165) is 16.8 Å². The van der Waals surface area contributed by atoms with Crippen molar-refractivity contribution in [3.05, 3.63) is 29.3 Å². The van der Waals surface area contributed by atoms with Crippen LogP contribution >= 0.6 is 0 Å². The van der Waals surface area contributed by atoms with Crippen molar-refractivity contribution in [2.24, 2.45) is 0 Å². The van der Waals surface area contributed by atoms with Gasteiger partial charge < -0.3 is 30.3 Å². The highest BCUT2D eigenvalue weighted by Crippen LogP contribution is 2.23. The number of anilines is 1. The summed E-state index contributed by atoms with van der Waals surface area (Å²) < 4.78 is 10.7. The first-order chi connectivity index (χ1) is 11.5. The molecule has 0 aliphatic carbocycles. The standard InChI is InChI=1S/C17H26N2O5/c1-18-13-5-3-12(9-24-17(22)19-2)11(7-13)4-6-16-15(21)8-14(20)10-23-16/h3,5,7,14-16,18,20-21H,4,6,8-10H2,1-2H3,(H,19,22)/t14?,15?,16-/m0/s1. The Kier molecular flexibility index (Phi) is 6.84. The van der Waals surface area contributed by atoms with Crippen LogP contribution in [0.5, 0.6) is 0 Å². The van der Waals surface area contributed by atoms with E-state index in [2.05, 4.69) is 10.6 Å². The van der Waals surface area contributed by atoms with Crippen LogP contribution in [0, 0.1) is 0 Å². The largest absolute Gasteiger partial charge is 0.445 e. The zero-order chi connectivity index (χ0) is 17.5. The van der Waals surface area contributed by atoms with E-state index in [1.54, 1.807) is 0 Å². The van der Waals surface area contributed by atoms with Gasteiger partial charge in [-0.1, -0.05) is 6.07 Å². The van der Waals surface area contributed by atoms with E-state index in [1.165, 1.54) is 7.05 Å². The molecule has 7 heteroatoms. The smallest absolute Gasteiger partial charge is 0.407 e. The number of carbonyl (C=O) groups is 1. The van der Waals surface area contributed by atoms with Gasteiger partial charge in [-0.2, -0.15) is 0 Å². The molecule has 0 radical (unpaired) electrons. The van der Waals surface area contributed by atoms with Crippen LogP contribution < -0.4 is 10.6 Å². The van der Waals surface area contributed by atoms with E-state index in [-0.39, 0.29) is 19.3 Å². The SMILES string of the molecule is CNC(=O)OCc1ccc(NC)cc1CC[C@@H]1OCC(O)CC1O. The van der Waals surface area contributed by atoms with Crippen LogP contribution in [0.15, 0.2) is 18.2 Å². The molecule has 2 unspecified atom stereocenters. The van der Waals surface area contributed by atoms with Gasteiger partial charge in [0.05, 0.1) is 24.9 Å². The molecule has 1 saturated heterocycles. The first kappa shape index (κ1) is 18.5. The van der Waals surface area contributed by atoms with Crippen LogP contribution in [-0.4, -0.2) is 55.3 Å². The van der Waals surface area contributed by atoms with Gasteiger partial charge in [0.1, 0.15) is 6.61 Å². The number of alkyl carbamates (subject to hydrolysis) is 1. The van der Waals surface area contributed by atoms with Crippen LogP contribution in [0.3, 0.4) is 0 Å². The number of hydrogen-bond donors (Lipinski definition) is 4. The van der Waals surface area contributed by atoms with Crippen molar-refractivity contribution in [2.75, 3.05) is 26.0 Å². The van der Waals surface area contributed by atoms with Crippen molar-refractivity contribution < 1.29 is 24.5 Å². The Labute approximate surface area is 142 Å². The lowest BCUT2D eigenvalue weighted by Crippen LogP contribution is -2.41. The molecular formula is C17H26N2O5. The van der Waals surface area contributed by atoms with Crippen LogP contribution in [-0.2, 0) is 22.5 Å². The van der Waals surface area contributed by atoms with Crippen LogP contribution in [0.25, 0.3) is 0 Å². The molecule has 1 aliphatic heterocycles. The van der Waals surface area contributed by atoms with Crippen LogP contribution in [0.4, 0.5) is 10.5 Å². The van der Waals surface area contributed by atoms with E-state index in [1.807, 2.05) is 25.2 Å². The number of aliphatic hydroxyl groups is 2. The van der Waals surface area contributed by atoms with Gasteiger partial charge in [0.25, 0.3) is 0 Å². The second-order valence-electron chi connectivity index (χ2n) is 5.93. The molecule has 3 atom stereocenters. The molecule has 0 spiro atoms. The number of ether oxygens (including phenoxy) is 2. The minimum atomic E-state index is -0.660. The van der Waals surface area contributed by atoms with Gasteiger partial charge >= 0.3 is 6.09 Å². The summed E-state index contributed by atoms with van der Waals surface area (Å²) in [4.78, 5) is 11.3. The summed E-state index contributed by atoms with van der Waals surface area (Å²) in [6.07, 6.45) is -0.369. The molecule has 0 aromatic heterocycles. The molecule has 1 aromatic carbocycles. The van der Waals surface area contributed by atoms with Crippen molar-refractivity contribution in [1.82, 2.24) is 5.32 Å². The molecule has 134 valence electrons. The maximum atomic E-state index is 11.3. The second-order valence-corrected chi connectivity index (χ2v) is 5.93. The molecule has 7 nitrogen and oxygen atoms in total. The summed E-state index contributed by atoms with van der Waals surface area (Å²) in [6, 6.07) is 5.85.